The van der Waals surface area contributed by atoms with Crippen LogP contribution < -0.4 is 5.32 Å². The molecule has 7 heteroatoms. The first-order chi connectivity index (χ1) is 9.92. The Morgan fingerprint density at radius 2 is 1.95 bits per heavy atom. The zero-order valence-electron chi connectivity index (χ0n) is 11.5. The summed E-state index contributed by atoms with van der Waals surface area (Å²) < 4.78 is 0.816. The Morgan fingerprint density at radius 3 is 2.48 bits per heavy atom. The van der Waals surface area contributed by atoms with Crippen LogP contribution in [0.25, 0.3) is 0 Å². The fraction of sp³-hybridized carbons (Fsp3) is 0.571. The first-order valence-electron chi connectivity index (χ1n) is 6.87. The third-order valence-electron chi connectivity index (χ3n) is 3.97. The molecule has 0 atom stereocenters. The van der Waals surface area contributed by atoms with Crippen LogP contribution in [0.2, 0.25) is 8.67 Å². The number of thiophene rings is 1. The van der Waals surface area contributed by atoms with Crippen molar-refractivity contribution in [2.75, 3.05) is 6.54 Å². The number of rotatable bonds is 5. The van der Waals surface area contributed by atoms with E-state index in [1.807, 2.05) is 0 Å². The molecule has 1 fully saturated rings. The highest BCUT2D eigenvalue weighted by molar-refractivity contribution is 7.20. The molecule has 0 bridgehead atoms. The lowest BCUT2D eigenvalue weighted by Gasteiger charge is -2.36. The fourth-order valence-corrected chi connectivity index (χ4v) is 4.36. The molecule has 116 valence electrons. The lowest BCUT2D eigenvalue weighted by atomic mass is 9.71. The third-order valence-corrected chi connectivity index (χ3v) is 5.45. The molecular formula is C14H17Cl2NO3S. The number of hydrogen-bond acceptors (Lipinski definition) is 3. The van der Waals surface area contributed by atoms with Gasteiger partial charge in [-0.05, 0) is 24.3 Å². The molecule has 1 saturated carbocycles. The van der Waals surface area contributed by atoms with Crippen LogP contribution in [0.3, 0.4) is 0 Å². The van der Waals surface area contributed by atoms with Gasteiger partial charge in [-0.2, -0.15) is 0 Å². The predicted molar refractivity (Wildman–Crippen MR) is 84.4 cm³/mol. The average Bonchev–Trinajstić information content (AvgIpc) is 2.75. The summed E-state index contributed by atoms with van der Waals surface area (Å²) in [7, 11) is 0. The lowest BCUT2D eigenvalue weighted by Crippen LogP contribution is -2.40. The number of halogens is 2. The summed E-state index contributed by atoms with van der Waals surface area (Å²) in [5.41, 5.74) is 0.0133. The van der Waals surface area contributed by atoms with Gasteiger partial charge in [0.15, 0.2) is 0 Å². The molecular weight excluding hydrogens is 333 g/mol. The molecule has 1 heterocycles. The first-order valence-corrected chi connectivity index (χ1v) is 8.44. The van der Waals surface area contributed by atoms with Gasteiger partial charge in [0.05, 0.1) is 16.3 Å². The number of carbonyl (C=O) groups excluding carboxylic acids is 1. The van der Waals surface area contributed by atoms with Gasteiger partial charge in [-0.15, -0.1) is 11.3 Å². The molecule has 21 heavy (non-hydrogen) atoms. The van der Waals surface area contributed by atoms with Crippen LogP contribution in [0.15, 0.2) is 6.07 Å². The van der Waals surface area contributed by atoms with E-state index < -0.39 is 5.97 Å². The van der Waals surface area contributed by atoms with Crippen molar-refractivity contribution in [1.82, 2.24) is 5.32 Å². The van der Waals surface area contributed by atoms with Crippen LogP contribution in [-0.4, -0.2) is 23.5 Å². The smallest absolute Gasteiger partial charge is 0.303 e. The largest absolute Gasteiger partial charge is 0.481 e. The van der Waals surface area contributed by atoms with E-state index in [1.165, 1.54) is 6.07 Å². The summed E-state index contributed by atoms with van der Waals surface area (Å²) in [5.74, 6) is -1.11. The number of carboxylic acids is 1. The first kappa shape index (κ1) is 16.6. The number of carboxylic acid groups (broad SMARTS) is 1. The molecule has 1 amide bonds. The highest BCUT2D eigenvalue weighted by Crippen LogP contribution is 2.39. The molecule has 0 aromatic carbocycles. The SMILES string of the molecule is O=C(O)CC1(CNC(=O)c2cc(Cl)sc2Cl)CCCCC1. The van der Waals surface area contributed by atoms with Gasteiger partial charge in [0.2, 0.25) is 0 Å². The van der Waals surface area contributed by atoms with Crippen molar-refractivity contribution in [3.8, 4) is 0 Å². The van der Waals surface area contributed by atoms with E-state index in [9.17, 15) is 9.59 Å². The van der Waals surface area contributed by atoms with Gasteiger partial charge >= 0.3 is 5.97 Å². The second-order valence-electron chi connectivity index (χ2n) is 5.55. The quantitative estimate of drug-likeness (QED) is 0.836. The number of amides is 1. The van der Waals surface area contributed by atoms with E-state index >= 15 is 0 Å². The molecule has 2 rings (SSSR count). The minimum absolute atomic E-state index is 0.0887. The molecule has 1 aromatic heterocycles. The molecule has 1 aromatic rings. The molecule has 0 aliphatic heterocycles. The summed E-state index contributed by atoms with van der Waals surface area (Å²) in [4.78, 5) is 23.2. The van der Waals surface area contributed by atoms with Crippen molar-refractivity contribution in [3.63, 3.8) is 0 Å². The standard InChI is InChI=1S/C14H17Cl2NO3S/c15-10-6-9(12(16)21-10)13(20)17-8-14(7-11(18)19)4-2-1-3-5-14/h6H,1-5,7-8H2,(H,17,20)(H,18,19). The van der Waals surface area contributed by atoms with Crippen LogP contribution in [0.1, 0.15) is 48.9 Å². The summed E-state index contributed by atoms with van der Waals surface area (Å²) in [5, 5.41) is 11.9. The topological polar surface area (TPSA) is 66.4 Å². The number of nitrogens with one attached hydrogen (secondary N) is 1. The summed E-state index contributed by atoms with van der Waals surface area (Å²) in [6.07, 6.45) is 4.89. The van der Waals surface area contributed by atoms with E-state index in [4.69, 9.17) is 28.3 Å². The van der Waals surface area contributed by atoms with E-state index in [1.54, 1.807) is 0 Å². The highest BCUT2D eigenvalue weighted by Gasteiger charge is 2.35. The molecule has 0 saturated heterocycles. The Labute approximate surface area is 137 Å². The van der Waals surface area contributed by atoms with Crippen molar-refractivity contribution < 1.29 is 14.7 Å². The van der Waals surface area contributed by atoms with E-state index in [0.29, 0.717) is 20.8 Å². The van der Waals surface area contributed by atoms with E-state index in [0.717, 1.165) is 43.4 Å². The van der Waals surface area contributed by atoms with Gasteiger partial charge in [0.25, 0.3) is 5.91 Å². The van der Waals surface area contributed by atoms with E-state index in [2.05, 4.69) is 5.32 Å². The molecule has 0 radical (unpaired) electrons. The predicted octanol–water partition coefficient (Wildman–Crippen LogP) is 4.21. The second kappa shape index (κ2) is 6.99. The molecule has 4 nitrogen and oxygen atoms in total. The van der Waals surface area contributed by atoms with Crippen LogP contribution >= 0.6 is 34.5 Å². The van der Waals surface area contributed by atoms with Crippen molar-refractivity contribution in [1.29, 1.82) is 0 Å². The van der Waals surface area contributed by atoms with Crippen LogP contribution in [0.5, 0.6) is 0 Å². The van der Waals surface area contributed by atoms with Gasteiger partial charge < -0.3 is 10.4 Å². The van der Waals surface area contributed by atoms with Gasteiger partial charge in [-0.3, -0.25) is 9.59 Å². The maximum atomic E-state index is 12.2. The number of aliphatic carboxylic acids is 1. The summed E-state index contributed by atoms with van der Waals surface area (Å²) in [6.45, 7) is 0.363. The van der Waals surface area contributed by atoms with Crippen LogP contribution in [0, 0.1) is 5.41 Å². The molecule has 1 aliphatic rings. The molecule has 2 N–H and O–H groups in total. The number of carbonyl (C=O) groups is 2. The fourth-order valence-electron chi connectivity index (χ4n) is 2.90. The van der Waals surface area contributed by atoms with Crippen molar-refractivity contribution in [2.45, 2.75) is 38.5 Å². The minimum Gasteiger partial charge on any atom is -0.481 e. The normalized spacial score (nSPS) is 17.4. The number of hydrogen-bond donors (Lipinski definition) is 2. The Bertz CT molecular complexity index is 538. The Hall–Kier alpha value is -0.780. The van der Waals surface area contributed by atoms with E-state index in [-0.39, 0.29) is 17.7 Å². The van der Waals surface area contributed by atoms with Crippen molar-refractivity contribution in [2.24, 2.45) is 5.41 Å². The monoisotopic (exact) mass is 349 g/mol. The summed E-state index contributed by atoms with van der Waals surface area (Å²) in [6, 6.07) is 1.54. The van der Waals surface area contributed by atoms with Crippen molar-refractivity contribution >= 4 is 46.4 Å². The Balaban J connectivity index is 2.02. The molecule has 0 unspecified atom stereocenters. The van der Waals surface area contributed by atoms with Gasteiger partial charge in [0.1, 0.15) is 4.34 Å². The Kier molecular flexibility index (Phi) is 5.52. The second-order valence-corrected chi connectivity index (χ2v) is 7.84. The van der Waals surface area contributed by atoms with Gasteiger partial charge in [-0.25, -0.2) is 0 Å². The molecule has 1 aliphatic carbocycles. The van der Waals surface area contributed by atoms with Crippen molar-refractivity contribution in [3.05, 3.63) is 20.3 Å². The summed E-state index contributed by atoms with van der Waals surface area (Å²) >= 11 is 12.9. The maximum Gasteiger partial charge on any atom is 0.303 e. The van der Waals surface area contributed by atoms with Crippen LogP contribution in [0.4, 0.5) is 0 Å². The lowest BCUT2D eigenvalue weighted by molar-refractivity contribution is -0.140. The zero-order chi connectivity index (χ0) is 15.5. The molecule has 0 spiro atoms. The Morgan fingerprint density at radius 1 is 1.29 bits per heavy atom. The zero-order valence-corrected chi connectivity index (χ0v) is 13.8. The maximum absolute atomic E-state index is 12.2. The average molecular weight is 350 g/mol. The van der Waals surface area contributed by atoms with Gasteiger partial charge in [-0.1, -0.05) is 42.5 Å². The third kappa shape index (κ3) is 4.34. The minimum atomic E-state index is -0.817. The van der Waals surface area contributed by atoms with Gasteiger partial charge in [0, 0.05) is 6.54 Å². The highest BCUT2D eigenvalue weighted by atomic mass is 35.5. The van der Waals surface area contributed by atoms with Crippen LogP contribution in [-0.2, 0) is 4.79 Å².